The number of aromatic nitrogens is 1. The topological polar surface area (TPSA) is 67.2 Å². The van der Waals surface area contributed by atoms with Crippen LogP contribution in [-0.4, -0.2) is 97.3 Å². The SMILES string of the molecule is COCCN(Cc1cccn1Cc1ccccc1)C(=O)CN(CCN1CCOCC1)C(=O)C1CCCCC1. The maximum atomic E-state index is 13.7. The zero-order valence-corrected chi connectivity index (χ0v) is 22.9. The average Bonchev–Trinajstić information content (AvgIpc) is 3.40. The van der Waals surface area contributed by atoms with E-state index in [1.54, 1.807) is 7.11 Å². The smallest absolute Gasteiger partial charge is 0.242 e. The molecule has 0 radical (unpaired) electrons. The van der Waals surface area contributed by atoms with Gasteiger partial charge in [-0.3, -0.25) is 14.5 Å². The number of morpholine rings is 1. The van der Waals surface area contributed by atoms with Gasteiger partial charge in [-0.2, -0.15) is 0 Å². The quantitative estimate of drug-likeness (QED) is 0.403. The third-order valence-electron chi connectivity index (χ3n) is 7.77. The number of amides is 2. The molecular formula is C30H44N4O4. The summed E-state index contributed by atoms with van der Waals surface area (Å²) >= 11 is 0. The molecule has 38 heavy (non-hydrogen) atoms. The van der Waals surface area contributed by atoms with Crippen LogP contribution in [0.4, 0.5) is 0 Å². The molecule has 2 fully saturated rings. The number of benzene rings is 1. The lowest BCUT2D eigenvalue weighted by molar-refractivity contribution is -0.144. The Bertz CT molecular complexity index is 983. The molecule has 8 heteroatoms. The normalized spacial score (nSPS) is 16.9. The van der Waals surface area contributed by atoms with Crippen molar-refractivity contribution in [3.8, 4) is 0 Å². The Kier molecular flexibility index (Phi) is 11.2. The molecule has 1 aliphatic heterocycles. The first-order valence-corrected chi connectivity index (χ1v) is 14.2. The van der Waals surface area contributed by atoms with Gasteiger partial charge in [0.1, 0.15) is 0 Å². The highest BCUT2D eigenvalue weighted by atomic mass is 16.5. The fourth-order valence-corrected chi connectivity index (χ4v) is 5.44. The molecule has 0 N–H and O–H groups in total. The van der Waals surface area contributed by atoms with E-state index >= 15 is 0 Å². The van der Waals surface area contributed by atoms with Crippen molar-refractivity contribution >= 4 is 11.8 Å². The lowest BCUT2D eigenvalue weighted by Crippen LogP contribution is -2.49. The second-order valence-electron chi connectivity index (χ2n) is 10.5. The highest BCUT2D eigenvalue weighted by molar-refractivity contribution is 5.86. The van der Waals surface area contributed by atoms with Crippen LogP contribution in [0.15, 0.2) is 48.7 Å². The summed E-state index contributed by atoms with van der Waals surface area (Å²) < 4.78 is 13.0. The second kappa shape index (κ2) is 15.0. The van der Waals surface area contributed by atoms with Gasteiger partial charge in [-0.05, 0) is 30.5 Å². The highest BCUT2D eigenvalue weighted by Gasteiger charge is 2.29. The van der Waals surface area contributed by atoms with Crippen LogP contribution in [-0.2, 0) is 32.2 Å². The monoisotopic (exact) mass is 524 g/mol. The van der Waals surface area contributed by atoms with Gasteiger partial charge < -0.3 is 23.8 Å². The molecule has 0 spiro atoms. The summed E-state index contributed by atoms with van der Waals surface area (Å²) in [6, 6.07) is 14.4. The number of ether oxygens (including phenoxy) is 2. The van der Waals surface area contributed by atoms with Crippen molar-refractivity contribution in [1.29, 1.82) is 0 Å². The van der Waals surface area contributed by atoms with Gasteiger partial charge in [0, 0.05) is 64.2 Å². The maximum Gasteiger partial charge on any atom is 0.242 e. The third-order valence-corrected chi connectivity index (χ3v) is 7.77. The van der Waals surface area contributed by atoms with E-state index in [0.29, 0.717) is 26.2 Å². The molecule has 8 nitrogen and oxygen atoms in total. The Hall–Kier alpha value is -2.68. The number of hydrogen-bond acceptors (Lipinski definition) is 5. The summed E-state index contributed by atoms with van der Waals surface area (Å²) in [5.41, 5.74) is 2.28. The number of rotatable bonds is 13. The summed E-state index contributed by atoms with van der Waals surface area (Å²) in [4.78, 5) is 33.3. The summed E-state index contributed by atoms with van der Waals surface area (Å²) in [6.07, 6.45) is 7.31. The van der Waals surface area contributed by atoms with E-state index in [9.17, 15) is 9.59 Å². The largest absolute Gasteiger partial charge is 0.383 e. The minimum Gasteiger partial charge on any atom is -0.383 e. The van der Waals surface area contributed by atoms with E-state index in [4.69, 9.17) is 9.47 Å². The minimum atomic E-state index is -0.0272. The summed E-state index contributed by atoms with van der Waals surface area (Å²) in [7, 11) is 1.65. The number of carbonyl (C=O) groups is 2. The van der Waals surface area contributed by atoms with Crippen molar-refractivity contribution in [2.75, 3.05) is 66.2 Å². The molecule has 1 aromatic heterocycles. The minimum absolute atomic E-state index is 0.0272. The number of nitrogens with zero attached hydrogens (tertiary/aromatic N) is 4. The molecule has 0 unspecified atom stereocenters. The van der Waals surface area contributed by atoms with Gasteiger partial charge in [-0.1, -0.05) is 49.6 Å². The fraction of sp³-hybridized carbons (Fsp3) is 0.600. The molecule has 1 saturated carbocycles. The predicted molar refractivity (Wildman–Crippen MR) is 148 cm³/mol. The number of methoxy groups -OCH3 is 1. The fourth-order valence-electron chi connectivity index (χ4n) is 5.44. The highest BCUT2D eigenvalue weighted by Crippen LogP contribution is 2.25. The molecule has 4 rings (SSSR count). The van der Waals surface area contributed by atoms with Crippen molar-refractivity contribution in [2.45, 2.75) is 45.2 Å². The Morgan fingerprint density at radius 3 is 2.47 bits per heavy atom. The van der Waals surface area contributed by atoms with Crippen LogP contribution < -0.4 is 0 Å². The Labute approximate surface area is 227 Å². The van der Waals surface area contributed by atoms with Crippen LogP contribution in [0.3, 0.4) is 0 Å². The van der Waals surface area contributed by atoms with Crippen LogP contribution in [0, 0.1) is 5.92 Å². The molecular weight excluding hydrogens is 480 g/mol. The van der Waals surface area contributed by atoms with Crippen LogP contribution in [0.1, 0.15) is 43.4 Å². The first-order chi connectivity index (χ1) is 18.6. The van der Waals surface area contributed by atoms with Gasteiger partial charge in [0.05, 0.1) is 32.9 Å². The van der Waals surface area contributed by atoms with Crippen molar-refractivity contribution in [3.63, 3.8) is 0 Å². The predicted octanol–water partition coefficient (Wildman–Crippen LogP) is 3.25. The first-order valence-electron chi connectivity index (χ1n) is 14.2. The van der Waals surface area contributed by atoms with Gasteiger partial charge in [0.25, 0.3) is 0 Å². The molecule has 1 saturated heterocycles. The average molecular weight is 525 g/mol. The van der Waals surface area contributed by atoms with Gasteiger partial charge in [-0.15, -0.1) is 0 Å². The molecule has 208 valence electrons. The van der Waals surface area contributed by atoms with Crippen LogP contribution in [0.5, 0.6) is 0 Å². The maximum absolute atomic E-state index is 13.7. The summed E-state index contributed by atoms with van der Waals surface area (Å²) in [6.45, 7) is 6.83. The summed E-state index contributed by atoms with van der Waals surface area (Å²) in [5, 5.41) is 0. The second-order valence-corrected chi connectivity index (χ2v) is 10.5. The van der Waals surface area contributed by atoms with Crippen molar-refractivity contribution < 1.29 is 19.1 Å². The van der Waals surface area contributed by atoms with Crippen molar-refractivity contribution in [1.82, 2.24) is 19.3 Å². The van der Waals surface area contributed by atoms with E-state index in [-0.39, 0.29) is 24.3 Å². The standard InChI is InChI=1S/C30H44N4O4/c1-37-20-19-33(24-28-13-8-14-32(28)23-26-9-4-2-5-10-26)29(35)25-34(16-15-31-17-21-38-22-18-31)30(36)27-11-6-3-7-12-27/h2,4-5,8-10,13-14,27H,3,6-7,11-12,15-25H2,1H3. The van der Waals surface area contributed by atoms with Gasteiger partial charge in [-0.25, -0.2) is 0 Å². The van der Waals surface area contributed by atoms with E-state index in [1.807, 2.05) is 34.1 Å². The van der Waals surface area contributed by atoms with E-state index in [2.05, 4.69) is 33.9 Å². The summed E-state index contributed by atoms with van der Waals surface area (Å²) in [5.74, 6) is 0.155. The van der Waals surface area contributed by atoms with Crippen LogP contribution in [0.25, 0.3) is 0 Å². The Balaban J connectivity index is 1.44. The van der Waals surface area contributed by atoms with E-state index in [1.165, 1.54) is 12.0 Å². The van der Waals surface area contributed by atoms with Gasteiger partial charge in [0.15, 0.2) is 0 Å². The third kappa shape index (κ3) is 8.41. The zero-order chi connectivity index (χ0) is 26.6. The molecule has 2 amide bonds. The number of hydrogen-bond donors (Lipinski definition) is 0. The van der Waals surface area contributed by atoms with Crippen molar-refractivity contribution in [3.05, 3.63) is 59.9 Å². The van der Waals surface area contributed by atoms with Gasteiger partial charge >= 0.3 is 0 Å². The lowest BCUT2D eigenvalue weighted by Gasteiger charge is -2.34. The van der Waals surface area contributed by atoms with Crippen LogP contribution in [0.2, 0.25) is 0 Å². The van der Waals surface area contributed by atoms with E-state index in [0.717, 1.165) is 70.8 Å². The molecule has 2 heterocycles. The molecule has 2 aliphatic rings. The Morgan fingerprint density at radius 2 is 1.74 bits per heavy atom. The first kappa shape index (κ1) is 28.3. The zero-order valence-electron chi connectivity index (χ0n) is 22.9. The lowest BCUT2D eigenvalue weighted by atomic mass is 9.88. The molecule has 1 aliphatic carbocycles. The van der Waals surface area contributed by atoms with E-state index < -0.39 is 0 Å². The number of carbonyl (C=O) groups excluding carboxylic acids is 2. The van der Waals surface area contributed by atoms with Crippen molar-refractivity contribution in [2.24, 2.45) is 5.92 Å². The molecule has 0 atom stereocenters. The molecule has 1 aromatic carbocycles. The van der Waals surface area contributed by atoms with Crippen LogP contribution >= 0.6 is 0 Å². The van der Waals surface area contributed by atoms with Gasteiger partial charge in [0.2, 0.25) is 11.8 Å². The Morgan fingerprint density at radius 1 is 0.974 bits per heavy atom. The molecule has 0 bridgehead atoms. The molecule has 2 aromatic rings.